The van der Waals surface area contributed by atoms with E-state index in [0.717, 1.165) is 12.5 Å². The van der Waals surface area contributed by atoms with Gasteiger partial charge in [-0.25, -0.2) is 0 Å². The Morgan fingerprint density at radius 3 is 2.86 bits per heavy atom. The second-order valence-corrected chi connectivity index (χ2v) is 3.95. The van der Waals surface area contributed by atoms with Gasteiger partial charge in [0, 0.05) is 12.6 Å². The van der Waals surface area contributed by atoms with Crippen molar-refractivity contribution in [1.82, 2.24) is 10.6 Å². The molecule has 0 aliphatic heterocycles. The van der Waals surface area contributed by atoms with E-state index in [2.05, 4.69) is 10.6 Å². The summed E-state index contributed by atoms with van der Waals surface area (Å²) in [4.78, 5) is 11.2. The van der Waals surface area contributed by atoms with Gasteiger partial charge in [0.2, 0.25) is 5.91 Å². The molecule has 1 atom stereocenters. The van der Waals surface area contributed by atoms with E-state index in [1.54, 1.807) is 0 Å². The molecule has 0 aromatic carbocycles. The fourth-order valence-corrected chi connectivity index (χ4v) is 1.02. The molecule has 0 aromatic heterocycles. The average Bonchev–Trinajstić information content (AvgIpc) is 2.98. The summed E-state index contributed by atoms with van der Waals surface area (Å²) in [5, 5.41) is 5.85. The summed E-state index contributed by atoms with van der Waals surface area (Å²) in [6, 6.07) is 0.308. The maximum atomic E-state index is 11.2. The lowest BCUT2D eigenvalue weighted by molar-refractivity contribution is -0.125. The number of rotatable bonds is 7. The molecule has 0 heterocycles. The predicted octanol–water partition coefficient (Wildman–Crippen LogP) is 0.137. The van der Waals surface area contributed by atoms with Crippen molar-refractivity contribution < 1.29 is 9.53 Å². The molecule has 0 radical (unpaired) electrons. The van der Waals surface area contributed by atoms with Gasteiger partial charge in [-0.05, 0) is 32.7 Å². The van der Waals surface area contributed by atoms with Crippen molar-refractivity contribution in [3.63, 3.8) is 0 Å². The third kappa shape index (κ3) is 5.19. The molecule has 82 valence electrons. The molecule has 0 bridgehead atoms. The van der Waals surface area contributed by atoms with E-state index in [-0.39, 0.29) is 12.5 Å². The molecule has 1 rings (SSSR count). The van der Waals surface area contributed by atoms with Crippen molar-refractivity contribution in [3.05, 3.63) is 0 Å². The molecule has 1 unspecified atom stereocenters. The van der Waals surface area contributed by atoms with Crippen molar-refractivity contribution >= 4 is 5.91 Å². The van der Waals surface area contributed by atoms with Gasteiger partial charge in [0.25, 0.3) is 0 Å². The van der Waals surface area contributed by atoms with Gasteiger partial charge in [0.1, 0.15) is 6.61 Å². The summed E-state index contributed by atoms with van der Waals surface area (Å²) in [6.07, 6.45) is 2.52. The fourth-order valence-electron chi connectivity index (χ4n) is 1.02. The minimum Gasteiger partial charge on any atom is -0.371 e. The summed E-state index contributed by atoms with van der Waals surface area (Å²) >= 11 is 0. The predicted molar refractivity (Wildman–Crippen MR) is 55.1 cm³/mol. The van der Waals surface area contributed by atoms with E-state index < -0.39 is 0 Å². The van der Waals surface area contributed by atoms with Crippen LogP contribution in [0, 0.1) is 5.92 Å². The topological polar surface area (TPSA) is 50.4 Å². The molecular weight excluding hydrogens is 180 g/mol. The first kappa shape index (κ1) is 11.5. The molecule has 14 heavy (non-hydrogen) atoms. The van der Waals surface area contributed by atoms with Crippen LogP contribution in [-0.2, 0) is 9.53 Å². The Morgan fingerprint density at radius 2 is 2.29 bits per heavy atom. The zero-order valence-corrected chi connectivity index (χ0v) is 9.01. The highest BCUT2D eigenvalue weighted by molar-refractivity contribution is 5.77. The average molecular weight is 200 g/mol. The van der Waals surface area contributed by atoms with Crippen LogP contribution in [0.3, 0.4) is 0 Å². The third-order valence-electron chi connectivity index (χ3n) is 2.38. The molecule has 0 saturated heterocycles. The Bertz CT molecular complexity index is 181. The maximum absolute atomic E-state index is 11.2. The molecule has 1 aliphatic carbocycles. The highest BCUT2D eigenvalue weighted by Gasteiger charge is 2.21. The van der Waals surface area contributed by atoms with Crippen molar-refractivity contribution in [2.45, 2.75) is 25.8 Å². The number of hydrogen-bond acceptors (Lipinski definition) is 3. The Morgan fingerprint density at radius 1 is 1.57 bits per heavy atom. The van der Waals surface area contributed by atoms with Gasteiger partial charge < -0.3 is 15.4 Å². The number of amides is 1. The van der Waals surface area contributed by atoms with E-state index in [4.69, 9.17) is 4.74 Å². The van der Waals surface area contributed by atoms with Crippen LogP contribution in [-0.4, -0.2) is 38.8 Å². The van der Waals surface area contributed by atoms with Crippen LogP contribution in [0.2, 0.25) is 0 Å². The minimum atomic E-state index is -0.0206. The summed E-state index contributed by atoms with van der Waals surface area (Å²) in [5.41, 5.74) is 0. The molecule has 1 amide bonds. The van der Waals surface area contributed by atoms with Crippen molar-refractivity contribution in [1.29, 1.82) is 0 Å². The van der Waals surface area contributed by atoms with E-state index in [1.807, 2.05) is 14.0 Å². The number of hydrogen-bond donors (Lipinski definition) is 2. The van der Waals surface area contributed by atoms with Gasteiger partial charge in [-0.3, -0.25) is 4.79 Å². The van der Waals surface area contributed by atoms with Crippen molar-refractivity contribution in [3.8, 4) is 0 Å². The number of carbonyl (C=O) groups is 1. The monoisotopic (exact) mass is 200 g/mol. The van der Waals surface area contributed by atoms with E-state index >= 15 is 0 Å². The van der Waals surface area contributed by atoms with Crippen molar-refractivity contribution in [2.75, 3.05) is 26.8 Å². The SMILES string of the molecule is CNC(C)CNC(=O)COCC1CC1. The maximum Gasteiger partial charge on any atom is 0.246 e. The van der Waals surface area contributed by atoms with E-state index in [1.165, 1.54) is 12.8 Å². The largest absolute Gasteiger partial charge is 0.371 e. The Hall–Kier alpha value is -0.610. The summed E-state index contributed by atoms with van der Waals surface area (Å²) < 4.78 is 5.25. The van der Waals surface area contributed by atoms with Crippen LogP contribution in [0.4, 0.5) is 0 Å². The van der Waals surface area contributed by atoms with Gasteiger partial charge in [-0.15, -0.1) is 0 Å². The first-order valence-corrected chi connectivity index (χ1v) is 5.24. The smallest absolute Gasteiger partial charge is 0.246 e. The number of likely N-dealkylation sites (N-methyl/N-ethyl adjacent to an activating group) is 1. The quantitative estimate of drug-likeness (QED) is 0.614. The van der Waals surface area contributed by atoms with Crippen LogP contribution in [0.25, 0.3) is 0 Å². The van der Waals surface area contributed by atoms with Crippen LogP contribution in [0.5, 0.6) is 0 Å². The second-order valence-electron chi connectivity index (χ2n) is 3.95. The molecule has 1 fully saturated rings. The zero-order valence-electron chi connectivity index (χ0n) is 9.01. The highest BCUT2D eigenvalue weighted by atomic mass is 16.5. The third-order valence-corrected chi connectivity index (χ3v) is 2.38. The fraction of sp³-hybridized carbons (Fsp3) is 0.900. The van der Waals surface area contributed by atoms with Crippen LogP contribution >= 0.6 is 0 Å². The van der Waals surface area contributed by atoms with Gasteiger partial charge >= 0.3 is 0 Å². The standard InChI is InChI=1S/C10H20N2O2/c1-8(11-2)5-12-10(13)7-14-6-9-3-4-9/h8-9,11H,3-7H2,1-2H3,(H,12,13). The molecule has 0 spiro atoms. The summed E-state index contributed by atoms with van der Waals surface area (Å²) in [7, 11) is 1.88. The second kappa shape index (κ2) is 5.98. The lowest BCUT2D eigenvalue weighted by atomic mass is 10.3. The molecule has 2 N–H and O–H groups in total. The van der Waals surface area contributed by atoms with Crippen molar-refractivity contribution in [2.24, 2.45) is 5.92 Å². The van der Waals surface area contributed by atoms with E-state index in [9.17, 15) is 4.79 Å². The number of nitrogens with one attached hydrogen (secondary N) is 2. The lowest BCUT2D eigenvalue weighted by Gasteiger charge is -2.11. The van der Waals surface area contributed by atoms with Crippen LogP contribution in [0.15, 0.2) is 0 Å². The normalized spacial score (nSPS) is 17.9. The summed E-state index contributed by atoms with van der Waals surface area (Å²) in [6.45, 7) is 3.62. The lowest BCUT2D eigenvalue weighted by Crippen LogP contribution is -2.38. The minimum absolute atomic E-state index is 0.0206. The number of carbonyl (C=O) groups excluding carboxylic acids is 1. The molecule has 4 nitrogen and oxygen atoms in total. The Balaban J connectivity index is 1.92. The van der Waals surface area contributed by atoms with Gasteiger partial charge in [0.15, 0.2) is 0 Å². The Kier molecular flexibility index (Phi) is 4.90. The van der Waals surface area contributed by atoms with Gasteiger partial charge in [-0.2, -0.15) is 0 Å². The molecular formula is C10H20N2O2. The zero-order chi connectivity index (χ0) is 10.4. The first-order chi connectivity index (χ1) is 6.72. The molecule has 1 aliphatic rings. The first-order valence-electron chi connectivity index (χ1n) is 5.24. The van der Waals surface area contributed by atoms with Crippen LogP contribution in [0.1, 0.15) is 19.8 Å². The number of ether oxygens (including phenoxy) is 1. The summed E-state index contributed by atoms with van der Waals surface area (Å²) in [5.74, 6) is 0.701. The molecule has 0 aromatic rings. The highest BCUT2D eigenvalue weighted by Crippen LogP contribution is 2.28. The van der Waals surface area contributed by atoms with Gasteiger partial charge in [-0.1, -0.05) is 0 Å². The van der Waals surface area contributed by atoms with E-state index in [0.29, 0.717) is 12.6 Å². The molecule has 1 saturated carbocycles. The molecule has 4 heteroatoms. The van der Waals surface area contributed by atoms with Crippen LogP contribution < -0.4 is 10.6 Å². The Labute approximate surface area is 85.4 Å². The van der Waals surface area contributed by atoms with Gasteiger partial charge in [0.05, 0.1) is 6.61 Å².